The molecule has 1 aliphatic heterocycles. The van der Waals surface area contributed by atoms with E-state index in [0.29, 0.717) is 6.42 Å². The standard InChI is InChI=1S/C24H26N2O2.ClH/c1-3-24(27)26-12-10-22(11-13-26)28-21-8-6-18(7-9-21)19-4-5-20-16-25-15-17(2)23(20)14-19;/h4-9,14-16,22H,3,10-13H2,1-2H3;1H. The average molecular weight is 411 g/mol. The minimum Gasteiger partial charge on any atom is -0.490 e. The van der Waals surface area contributed by atoms with Gasteiger partial charge < -0.3 is 9.64 Å². The topological polar surface area (TPSA) is 42.4 Å². The monoisotopic (exact) mass is 410 g/mol. The largest absolute Gasteiger partial charge is 0.490 e. The van der Waals surface area contributed by atoms with E-state index in [9.17, 15) is 4.79 Å². The van der Waals surface area contributed by atoms with Crippen molar-refractivity contribution in [3.63, 3.8) is 0 Å². The summed E-state index contributed by atoms with van der Waals surface area (Å²) in [6, 6.07) is 14.8. The molecule has 2 heterocycles. The van der Waals surface area contributed by atoms with E-state index in [-0.39, 0.29) is 24.4 Å². The van der Waals surface area contributed by atoms with Gasteiger partial charge in [0, 0.05) is 50.1 Å². The maximum absolute atomic E-state index is 11.8. The molecule has 1 aliphatic rings. The number of pyridine rings is 1. The molecule has 5 heteroatoms. The van der Waals surface area contributed by atoms with Crippen LogP contribution in [0.2, 0.25) is 0 Å². The molecule has 1 aromatic heterocycles. The molecule has 152 valence electrons. The van der Waals surface area contributed by atoms with Crippen LogP contribution in [-0.2, 0) is 4.79 Å². The first-order valence-electron chi connectivity index (χ1n) is 10.0. The summed E-state index contributed by atoms with van der Waals surface area (Å²) in [7, 11) is 0. The number of hydrogen-bond donors (Lipinski definition) is 0. The number of aryl methyl sites for hydroxylation is 1. The molecule has 4 nitrogen and oxygen atoms in total. The van der Waals surface area contributed by atoms with E-state index in [1.807, 2.05) is 36.4 Å². The number of hydrogen-bond acceptors (Lipinski definition) is 3. The molecule has 0 N–H and O–H groups in total. The Hall–Kier alpha value is -2.59. The number of carbonyl (C=O) groups excluding carboxylic acids is 1. The minimum atomic E-state index is 0. The number of ether oxygens (including phenoxy) is 1. The van der Waals surface area contributed by atoms with Crippen LogP contribution in [-0.4, -0.2) is 35.0 Å². The van der Waals surface area contributed by atoms with E-state index >= 15 is 0 Å². The van der Waals surface area contributed by atoms with Gasteiger partial charge >= 0.3 is 0 Å². The quantitative estimate of drug-likeness (QED) is 0.577. The average Bonchev–Trinajstić information content (AvgIpc) is 2.74. The second-order valence-corrected chi connectivity index (χ2v) is 7.47. The van der Waals surface area contributed by atoms with E-state index < -0.39 is 0 Å². The van der Waals surface area contributed by atoms with Crippen molar-refractivity contribution >= 4 is 29.1 Å². The van der Waals surface area contributed by atoms with Gasteiger partial charge in [0.25, 0.3) is 0 Å². The summed E-state index contributed by atoms with van der Waals surface area (Å²) in [6.45, 7) is 5.59. The number of piperidine rings is 1. The van der Waals surface area contributed by atoms with Gasteiger partial charge in [0.05, 0.1) is 0 Å². The van der Waals surface area contributed by atoms with Crippen LogP contribution in [0.4, 0.5) is 0 Å². The molecule has 1 saturated heterocycles. The summed E-state index contributed by atoms with van der Waals surface area (Å²) in [5.41, 5.74) is 3.56. The lowest BCUT2D eigenvalue weighted by Gasteiger charge is -2.32. The molecule has 0 radical (unpaired) electrons. The van der Waals surface area contributed by atoms with Gasteiger partial charge in [-0.05, 0) is 47.2 Å². The van der Waals surface area contributed by atoms with Gasteiger partial charge in [-0.15, -0.1) is 12.4 Å². The molecule has 2 aromatic carbocycles. The second kappa shape index (κ2) is 9.27. The Labute approximate surface area is 178 Å². The summed E-state index contributed by atoms with van der Waals surface area (Å²) in [5.74, 6) is 1.13. The van der Waals surface area contributed by atoms with E-state index in [0.717, 1.165) is 37.1 Å². The predicted molar refractivity (Wildman–Crippen MR) is 120 cm³/mol. The third kappa shape index (κ3) is 4.70. The fourth-order valence-corrected chi connectivity index (χ4v) is 3.85. The van der Waals surface area contributed by atoms with Crippen molar-refractivity contribution in [3.8, 4) is 16.9 Å². The molecule has 0 atom stereocenters. The molecule has 0 spiro atoms. The summed E-state index contributed by atoms with van der Waals surface area (Å²) in [5, 5.41) is 2.40. The van der Waals surface area contributed by atoms with Gasteiger partial charge in [-0.2, -0.15) is 0 Å². The lowest BCUT2D eigenvalue weighted by molar-refractivity contribution is -0.132. The van der Waals surface area contributed by atoms with Gasteiger partial charge in [-0.3, -0.25) is 9.78 Å². The van der Waals surface area contributed by atoms with E-state index in [1.54, 1.807) is 0 Å². The molecule has 1 fully saturated rings. The van der Waals surface area contributed by atoms with Crippen LogP contribution in [0.3, 0.4) is 0 Å². The Bertz CT molecular complexity index is 980. The van der Waals surface area contributed by atoms with Crippen LogP contribution in [0.5, 0.6) is 5.75 Å². The number of benzene rings is 2. The van der Waals surface area contributed by atoms with Crippen molar-refractivity contribution in [2.24, 2.45) is 0 Å². The van der Waals surface area contributed by atoms with Gasteiger partial charge in [0.2, 0.25) is 5.91 Å². The predicted octanol–water partition coefficient (Wildman–Crippen LogP) is 5.41. The fourth-order valence-electron chi connectivity index (χ4n) is 3.85. The zero-order valence-electron chi connectivity index (χ0n) is 16.9. The molecule has 1 amide bonds. The highest BCUT2D eigenvalue weighted by Gasteiger charge is 2.22. The van der Waals surface area contributed by atoms with Crippen molar-refractivity contribution in [3.05, 3.63) is 60.4 Å². The highest BCUT2D eigenvalue weighted by molar-refractivity contribution is 5.89. The number of rotatable bonds is 4. The normalized spacial score (nSPS) is 14.5. The zero-order valence-corrected chi connectivity index (χ0v) is 17.7. The Morgan fingerprint density at radius 1 is 1.07 bits per heavy atom. The lowest BCUT2D eigenvalue weighted by atomic mass is 10.0. The number of nitrogens with zero attached hydrogens (tertiary/aromatic N) is 2. The van der Waals surface area contributed by atoms with Crippen LogP contribution in [0, 0.1) is 6.92 Å². The SMILES string of the molecule is CCC(=O)N1CCC(Oc2ccc(-c3ccc4cncc(C)c4c3)cc2)CC1.Cl. The molecule has 0 saturated carbocycles. The van der Waals surface area contributed by atoms with Crippen LogP contribution < -0.4 is 4.74 Å². The number of amides is 1. The maximum atomic E-state index is 11.8. The molecule has 0 aliphatic carbocycles. The van der Waals surface area contributed by atoms with E-state index in [4.69, 9.17) is 4.74 Å². The van der Waals surface area contributed by atoms with Crippen LogP contribution in [0.15, 0.2) is 54.9 Å². The second-order valence-electron chi connectivity index (χ2n) is 7.47. The van der Waals surface area contributed by atoms with Gasteiger partial charge in [-0.25, -0.2) is 0 Å². The number of fused-ring (bicyclic) bond motifs is 1. The number of aromatic nitrogens is 1. The van der Waals surface area contributed by atoms with E-state index in [2.05, 4.69) is 42.2 Å². The fraction of sp³-hybridized carbons (Fsp3) is 0.333. The first kappa shape index (κ1) is 21.1. The molecular formula is C24H27ClN2O2. The van der Waals surface area contributed by atoms with Crippen LogP contribution in [0.1, 0.15) is 31.7 Å². The van der Waals surface area contributed by atoms with Gasteiger partial charge in [0.1, 0.15) is 11.9 Å². The van der Waals surface area contributed by atoms with E-state index in [1.165, 1.54) is 22.1 Å². The Morgan fingerprint density at radius 3 is 2.45 bits per heavy atom. The number of likely N-dealkylation sites (tertiary alicyclic amines) is 1. The van der Waals surface area contributed by atoms with Crippen LogP contribution in [0.25, 0.3) is 21.9 Å². The van der Waals surface area contributed by atoms with Crippen LogP contribution >= 0.6 is 12.4 Å². The molecular weight excluding hydrogens is 384 g/mol. The molecule has 3 aromatic rings. The summed E-state index contributed by atoms with van der Waals surface area (Å²) >= 11 is 0. The van der Waals surface area contributed by atoms with Crippen molar-refractivity contribution in [1.82, 2.24) is 9.88 Å². The highest BCUT2D eigenvalue weighted by atomic mass is 35.5. The third-order valence-corrected chi connectivity index (χ3v) is 5.55. The molecule has 4 rings (SSSR count). The van der Waals surface area contributed by atoms with Crippen molar-refractivity contribution in [1.29, 1.82) is 0 Å². The highest BCUT2D eigenvalue weighted by Crippen LogP contribution is 2.28. The Balaban J connectivity index is 0.00000240. The summed E-state index contributed by atoms with van der Waals surface area (Å²) < 4.78 is 6.15. The first-order valence-corrected chi connectivity index (χ1v) is 10.0. The molecule has 0 bridgehead atoms. The summed E-state index contributed by atoms with van der Waals surface area (Å²) in [4.78, 5) is 18.0. The molecule has 29 heavy (non-hydrogen) atoms. The van der Waals surface area contributed by atoms with Crippen molar-refractivity contribution < 1.29 is 9.53 Å². The zero-order chi connectivity index (χ0) is 19.5. The first-order chi connectivity index (χ1) is 13.6. The molecule has 0 unspecified atom stereocenters. The lowest BCUT2D eigenvalue weighted by Crippen LogP contribution is -2.41. The Morgan fingerprint density at radius 2 is 1.76 bits per heavy atom. The minimum absolute atomic E-state index is 0. The smallest absolute Gasteiger partial charge is 0.222 e. The van der Waals surface area contributed by atoms with Gasteiger partial charge in [-0.1, -0.05) is 31.2 Å². The van der Waals surface area contributed by atoms with Crippen molar-refractivity contribution in [2.45, 2.75) is 39.2 Å². The number of halogens is 1. The number of carbonyl (C=O) groups is 1. The summed E-state index contributed by atoms with van der Waals surface area (Å²) in [6.07, 6.45) is 6.36. The Kier molecular flexibility index (Phi) is 6.75. The third-order valence-electron chi connectivity index (χ3n) is 5.55. The maximum Gasteiger partial charge on any atom is 0.222 e. The van der Waals surface area contributed by atoms with Gasteiger partial charge in [0.15, 0.2) is 0 Å². The van der Waals surface area contributed by atoms with Crippen molar-refractivity contribution in [2.75, 3.05) is 13.1 Å².